The molecule has 0 saturated heterocycles. The molecule has 2 heteroatoms. The Kier molecular flexibility index (Phi) is 1.75. The summed E-state index contributed by atoms with van der Waals surface area (Å²) in [5, 5.41) is 3.37. The molecule has 0 fully saturated rings. The highest BCUT2D eigenvalue weighted by atomic mass is 14.9. The molecule has 1 aliphatic rings. The molecule has 12 heavy (non-hydrogen) atoms. The van der Waals surface area contributed by atoms with Crippen LogP contribution in [0.5, 0.6) is 0 Å². The van der Waals surface area contributed by atoms with Gasteiger partial charge in [0.05, 0.1) is 11.9 Å². The van der Waals surface area contributed by atoms with E-state index in [2.05, 4.69) is 30.2 Å². The molecule has 0 radical (unpaired) electrons. The number of anilines is 1. The Morgan fingerprint density at radius 2 is 2.42 bits per heavy atom. The SMILES string of the molecule is CC(C)C1CNc2cnccc21. The van der Waals surface area contributed by atoms with Crippen molar-refractivity contribution in [2.75, 3.05) is 11.9 Å². The van der Waals surface area contributed by atoms with Crippen molar-refractivity contribution in [1.82, 2.24) is 4.98 Å². The van der Waals surface area contributed by atoms with Gasteiger partial charge in [-0.15, -0.1) is 0 Å². The fourth-order valence-electron chi connectivity index (χ4n) is 1.80. The van der Waals surface area contributed by atoms with E-state index in [1.54, 1.807) is 0 Å². The second-order valence-electron chi connectivity index (χ2n) is 3.69. The van der Waals surface area contributed by atoms with Gasteiger partial charge in [0.25, 0.3) is 0 Å². The highest BCUT2D eigenvalue weighted by Crippen LogP contribution is 2.34. The average Bonchev–Trinajstić information content (AvgIpc) is 2.47. The Bertz CT molecular complexity index is 281. The highest BCUT2D eigenvalue weighted by Gasteiger charge is 2.24. The zero-order valence-corrected chi connectivity index (χ0v) is 7.54. The number of hydrogen-bond donors (Lipinski definition) is 1. The summed E-state index contributed by atoms with van der Waals surface area (Å²) >= 11 is 0. The zero-order chi connectivity index (χ0) is 8.55. The molecule has 0 spiro atoms. The van der Waals surface area contributed by atoms with Crippen LogP contribution >= 0.6 is 0 Å². The zero-order valence-electron chi connectivity index (χ0n) is 7.54. The van der Waals surface area contributed by atoms with Crippen LogP contribution in [0.4, 0.5) is 5.69 Å². The van der Waals surface area contributed by atoms with Crippen LogP contribution < -0.4 is 5.32 Å². The maximum atomic E-state index is 4.09. The van der Waals surface area contributed by atoms with Gasteiger partial charge >= 0.3 is 0 Å². The van der Waals surface area contributed by atoms with Gasteiger partial charge in [-0.25, -0.2) is 0 Å². The van der Waals surface area contributed by atoms with Crippen molar-refractivity contribution in [3.63, 3.8) is 0 Å². The standard InChI is InChI=1S/C10H14N2/c1-7(2)9-5-12-10-6-11-4-3-8(9)10/h3-4,6-7,9,12H,5H2,1-2H3. The summed E-state index contributed by atoms with van der Waals surface area (Å²) in [7, 11) is 0. The number of hydrogen-bond acceptors (Lipinski definition) is 2. The molecule has 0 aromatic carbocycles. The number of pyridine rings is 1. The lowest BCUT2D eigenvalue weighted by molar-refractivity contribution is 0.533. The maximum absolute atomic E-state index is 4.09. The van der Waals surface area contributed by atoms with Gasteiger partial charge in [-0.1, -0.05) is 13.8 Å². The van der Waals surface area contributed by atoms with Gasteiger partial charge in [0.15, 0.2) is 0 Å². The summed E-state index contributed by atoms with van der Waals surface area (Å²) in [6, 6.07) is 2.12. The van der Waals surface area contributed by atoms with Gasteiger partial charge in [0.2, 0.25) is 0 Å². The molecule has 1 aliphatic heterocycles. The molecule has 0 aliphatic carbocycles. The van der Waals surface area contributed by atoms with E-state index in [0.717, 1.165) is 6.54 Å². The van der Waals surface area contributed by atoms with E-state index in [1.807, 2.05) is 12.4 Å². The van der Waals surface area contributed by atoms with Crippen molar-refractivity contribution in [2.45, 2.75) is 19.8 Å². The van der Waals surface area contributed by atoms with E-state index < -0.39 is 0 Å². The molecule has 1 atom stereocenters. The predicted molar refractivity (Wildman–Crippen MR) is 50.3 cm³/mol. The monoisotopic (exact) mass is 162 g/mol. The van der Waals surface area contributed by atoms with Crippen molar-refractivity contribution < 1.29 is 0 Å². The normalized spacial score (nSPS) is 20.8. The number of fused-ring (bicyclic) bond motifs is 1. The van der Waals surface area contributed by atoms with Gasteiger partial charge in [0.1, 0.15) is 0 Å². The largest absolute Gasteiger partial charge is 0.383 e. The van der Waals surface area contributed by atoms with Crippen LogP contribution in [0.2, 0.25) is 0 Å². The number of rotatable bonds is 1. The number of aromatic nitrogens is 1. The molecule has 1 unspecified atom stereocenters. The molecule has 1 aromatic heterocycles. The quantitative estimate of drug-likeness (QED) is 0.685. The van der Waals surface area contributed by atoms with E-state index in [1.165, 1.54) is 11.3 Å². The first-order valence-electron chi connectivity index (χ1n) is 4.47. The molecular weight excluding hydrogens is 148 g/mol. The third-order valence-electron chi connectivity index (χ3n) is 2.57. The van der Waals surface area contributed by atoms with Crippen molar-refractivity contribution >= 4 is 5.69 Å². The number of nitrogens with one attached hydrogen (secondary N) is 1. The number of nitrogens with zero attached hydrogens (tertiary/aromatic N) is 1. The third kappa shape index (κ3) is 1.07. The van der Waals surface area contributed by atoms with E-state index >= 15 is 0 Å². The molecule has 2 rings (SSSR count). The topological polar surface area (TPSA) is 24.9 Å². The molecule has 2 nitrogen and oxygen atoms in total. The summed E-state index contributed by atoms with van der Waals surface area (Å²) in [6.45, 7) is 5.60. The van der Waals surface area contributed by atoms with E-state index in [0.29, 0.717) is 11.8 Å². The average molecular weight is 162 g/mol. The second-order valence-corrected chi connectivity index (χ2v) is 3.69. The second kappa shape index (κ2) is 2.77. The minimum atomic E-state index is 0.669. The minimum absolute atomic E-state index is 0.669. The Balaban J connectivity index is 2.36. The van der Waals surface area contributed by atoms with Crippen LogP contribution in [0, 0.1) is 5.92 Å². The Labute approximate surface area is 73.0 Å². The molecule has 64 valence electrons. The molecular formula is C10H14N2. The van der Waals surface area contributed by atoms with Crippen molar-refractivity contribution in [3.8, 4) is 0 Å². The van der Waals surface area contributed by atoms with Gasteiger partial charge in [-0.2, -0.15) is 0 Å². The van der Waals surface area contributed by atoms with Crippen LogP contribution in [0.3, 0.4) is 0 Å². The maximum Gasteiger partial charge on any atom is 0.0563 e. The van der Waals surface area contributed by atoms with Crippen LogP contribution in [0.25, 0.3) is 0 Å². The van der Waals surface area contributed by atoms with E-state index in [9.17, 15) is 0 Å². The van der Waals surface area contributed by atoms with E-state index in [4.69, 9.17) is 0 Å². The van der Waals surface area contributed by atoms with Gasteiger partial charge in [-0.05, 0) is 17.5 Å². The first-order chi connectivity index (χ1) is 5.79. The van der Waals surface area contributed by atoms with Crippen molar-refractivity contribution in [2.24, 2.45) is 5.92 Å². The van der Waals surface area contributed by atoms with Gasteiger partial charge < -0.3 is 5.32 Å². The first kappa shape index (κ1) is 7.59. The molecule has 1 aromatic rings. The predicted octanol–water partition coefficient (Wildman–Crippen LogP) is 2.25. The lowest BCUT2D eigenvalue weighted by atomic mass is 9.91. The van der Waals surface area contributed by atoms with Crippen molar-refractivity contribution in [1.29, 1.82) is 0 Å². The van der Waals surface area contributed by atoms with Crippen molar-refractivity contribution in [3.05, 3.63) is 24.0 Å². The Morgan fingerprint density at radius 3 is 3.17 bits per heavy atom. The fraction of sp³-hybridized carbons (Fsp3) is 0.500. The van der Waals surface area contributed by atoms with E-state index in [-0.39, 0.29) is 0 Å². The fourth-order valence-corrected chi connectivity index (χ4v) is 1.80. The smallest absolute Gasteiger partial charge is 0.0563 e. The molecule has 1 N–H and O–H groups in total. The minimum Gasteiger partial charge on any atom is -0.383 e. The van der Waals surface area contributed by atoms with Gasteiger partial charge in [-0.3, -0.25) is 4.98 Å². The van der Waals surface area contributed by atoms with Gasteiger partial charge in [0, 0.05) is 18.7 Å². The Morgan fingerprint density at radius 1 is 1.58 bits per heavy atom. The third-order valence-corrected chi connectivity index (χ3v) is 2.57. The summed E-state index contributed by atoms with van der Waals surface area (Å²) in [5.41, 5.74) is 2.65. The highest BCUT2D eigenvalue weighted by molar-refractivity contribution is 5.55. The lowest BCUT2D eigenvalue weighted by Crippen LogP contribution is -2.08. The molecule has 0 bridgehead atoms. The summed E-state index contributed by atoms with van der Waals surface area (Å²) in [5.74, 6) is 1.38. The summed E-state index contributed by atoms with van der Waals surface area (Å²) in [4.78, 5) is 4.09. The van der Waals surface area contributed by atoms with Crippen LogP contribution in [-0.2, 0) is 0 Å². The van der Waals surface area contributed by atoms with Crippen LogP contribution in [0.15, 0.2) is 18.5 Å². The summed E-state index contributed by atoms with van der Waals surface area (Å²) < 4.78 is 0. The molecule has 2 heterocycles. The molecule has 0 saturated carbocycles. The van der Waals surface area contributed by atoms with Crippen LogP contribution in [0.1, 0.15) is 25.3 Å². The first-order valence-corrected chi connectivity index (χ1v) is 4.47. The lowest BCUT2D eigenvalue weighted by Gasteiger charge is -2.13. The Hall–Kier alpha value is -1.05. The summed E-state index contributed by atoms with van der Waals surface area (Å²) in [6.07, 6.45) is 3.79. The molecule has 0 amide bonds. The van der Waals surface area contributed by atoms with Crippen LogP contribution in [-0.4, -0.2) is 11.5 Å².